The van der Waals surface area contributed by atoms with Crippen molar-refractivity contribution in [2.75, 3.05) is 6.54 Å². The minimum Gasteiger partial charge on any atom is -0.314 e. The number of pyridine rings is 1. The van der Waals surface area contributed by atoms with Crippen LogP contribution in [-0.4, -0.2) is 17.1 Å². The van der Waals surface area contributed by atoms with E-state index in [1.54, 1.807) is 16.7 Å². The first-order valence-electron chi connectivity index (χ1n) is 12.6. The van der Waals surface area contributed by atoms with Gasteiger partial charge in [0.2, 0.25) is 0 Å². The van der Waals surface area contributed by atoms with E-state index in [0.29, 0.717) is 38.2 Å². The molecule has 0 fully saturated rings. The lowest BCUT2D eigenvalue weighted by Crippen LogP contribution is -2.27. The van der Waals surface area contributed by atoms with Gasteiger partial charge in [-0.05, 0) is 40.8 Å². The highest BCUT2D eigenvalue weighted by molar-refractivity contribution is 5.68. The molecular formula is C31H32N2O4. The first-order chi connectivity index (χ1) is 18.1. The van der Waals surface area contributed by atoms with Crippen molar-refractivity contribution < 1.29 is 14.6 Å². The van der Waals surface area contributed by atoms with Crippen LogP contribution in [0.5, 0.6) is 5.75 Å². The number of carbonyl (C=O) groups excluding carboxylic acids is 1. The predicted molar refractivity (Wildman–Crippen MR) is 144 cm³/mol. The minimum absolute atomic E-state index is 0.0327. The van der Waals surface area contributed by atoms with Crippen LogP contribution in [0, 0.1) is 0 Å². The molecule has 0 bridgehead atoms. The maximum absolute atomic E-state index is 12.6. The Morgan fingerprint density at radius 1 is 0.865 bits per heavy atom. The van der Waals surface area contributed by atoms with Gasteiger partial charge in [-0.1, -0.05) is 85.8 Å². The summed E-state index contributed by atoms with van der Waals surface area (Å²) in [6, 6.07) is 31.6. The van der Waals surface area contributed by atoms with E-state index in [0.717, 1.165) is 11.1 Å². The van der Waals surface area contributed by atoms with Crippen molar-refractivity contribution in [2.24, 2.45) is 0 Å². The van der Waals surface area contributed by atoms with Crippen molar-refractivity contribution in [1.29, 1.82) is 0 Å². The molecule has 0 unspecified atom stereocenters. The molecule has 4 aromatic rings. The van der Waals surface area contributed by atoms with Gasteiger partial charge in [-0.15, -0.1) is 0 Å². The lowest BCUT2D eigenvalue weighted by molar-refractivity contribution is -0.213. The molecule has 0 radical (unpaired) electrons. The highest BCUT2D eigenvalue weighted by Gasteiger charge is 2.17. The number of aromatic nitrogens is 1. The number of hydrogen-bond acceptors (Lipinski definition) is 5. The zero-order valence-electron chi connectivity index (χ0n) is 21.0. The van der Waals surface area contributed by atoms with Gasteiger partial charge in [0.05, 0.1) is 0 Å². The number of carbonyl (C=O) groups is 1. The molecule has 4 rings (SSSR count). The van der Waals surface area contributed by atoms with Crippen LogP contribution in [0.4, 0.5) is 0 Å². The summed E-state index contributed by atoms with van der Waals surface area (Å²) < 4.78 is 1.76. The Kier molecular flexibility index (Phi) is 9.27. The molecule has 6 nitrogen and oxygen atoms in total. The van der Waals surface area contributed by atoms with Gasteiger partial charge in [0.25, 0.3) is 5.56 Å². The van der Waals surface area contributed by atoms with Crippen LogP contribution >= 0.6 is 0 Å². The Morgan fingerprint density at radius 3 is 2.24 bits per heavy atom. The Bertz CT molecular complexity index is 1300. The normalized spacial score (nSPS) is 10.9. The second-order valence-electron chi connectivity index (χ2n) is 8.86. The lowest BCUT2D eigenvalue weighted by atomic mass is 9.86. The summed E-state index contributed by atoms with van der Waals surface area (Å²) in [6.45, 7) is 3.64. The van der Waals surface area contributed by atoms with E-state index >= 15 is 0 Å². The Morgan fingerprint density at radius 2 is 1.57 bits per heavy atom. The van der Waals surface area contributed by atoms with Crippen LogP contribution < -0.4 is 15.8 Å². The summed E-state index contributed by atoms with van der Waals surface area (Å²) in [5.74, 6) is 0.123. The summed E-state index contributed by atoms with van der Waals surface area (Å²) in [5.41, 5.74) is 4.38. The SMILES string of the molecule is CCCC(=O)OOc1cccc(CNCCn2cc(C(c3ccccc3)c3ccccc3)ccc2=O)c1. The average molecular weight is 497 g/mol. The zero-order valence-corrected chi connectivity index (χ0v) is 21.0. The highest BCUT2D eigenvalue weighted by Crippen LogP contribution is 2.31. The molecule has 190 valence electrons. The summed E-state index contributed by atoms with van der Waals surface area (Å²) in [7, 11) is 0. The van der Waals surface area contributed by atoms with Crippen LogP contribution in [0.2, 0.25) is 0 Å². The van der Waals surface area contributed by atoms with Crippen LogP contribution in [0.15, 0.2) is 108 Å². The number of rotatable bonds is 12. The van der Waals surface area contributed by atoms with E-state index in [1.165, 1.54) is 11.1 Å². The van der Waals surface area contributed by atoms with Gasteiger partial charge in [-0.25, -0.2) is 4.79 Å². The Balaban J connectivity index is 1.40. The lowest BCUT2D eigenvalue weighted by Gasteiger charge is -2.20. The third-order valence-electron chi connectivity index (χ3n) is 6.05. The standard InChI is InChI=1S/C31H32N2O4/c1-2-10-30(35)37-36-28-16-9-11-24(21-28)22-32-19-20-33-23-27(17-18-29(33)34)31(25-12-5-3-6-13-25)26-14-7-4-8-15-26/h3-9,11-18,21,23,31-32H,2,10,19-20,22H2,1H3. The van der Waals surface area contributed by atoms with Crippen molar-refractivity contribution in [3.8, 4) is 5.75 Å². The number of hydrogen-bond donors (Lipinski definition) is 1. The number of nitrogens with one attached hydrogen (secondary N) is 1. The molecule has 0 atom stereocenters. The van der Waals surface area contributed by atoms with Gasteiger partial charge in [0, 0.05) is 44.2 Å². The molecular weight excluding hydrogens is 464 g/mol. The third-order valence-corrected chi connectivity index (χ3v) is 6.05. The number of nitrogens with zero attached hydrogens (tertiary/aromatic N) is 1. The van der Waals surface area contributed by atoms with Crippen molar-refractivity contribution in [1.82, 2.24) is 9.88 Å². The van der Waals surface area contributed by atoms with E-state index in [4.69, 9.17) is 9.78 Å². The van der Waals surface area contributed by atoms with E-state index in [1.807, 2.05) is 73.8 Å². The molecule has 6 heteroatoms. The molecule has 0 amide bonds. The largest absolute Gasteiger partial charge is 0.355 e. The van der Waals surface area contributed by atoms with Crippen molar-refractivity contribution >= 4 is 5.97 Å². The van der Waals surface area contributed by atoms with Crippen LogP contribution in [0.25, 0.3) is 0 Å². The van der Waals surface area contributed by atoms with Crippen molar-refractivity contribution in [2.45, 2.75) is 38.8 Å². The van der Waals surface area contributed by atoms with Gasteiger partial charge in [-0.2, -0.15) is 0 Å². The second-order valence-corrected chi connectivity index (χ2v) is 8.86. The fourth-order valence-electron chi connectivity index (χ4n) is 4.24. The van der Waals surface area contributed by atoms with E-state index in [9.17, 15) is 9.59 Å². The number of benzene rings is 3. The molecule has 37 heavy (non-hydrogen) atoms. The third kappa shape index (κ3) is 7.41. The van der Waals surface area contributed by atoms with Crippen molar-refractivity contribution in [3.63, 3.8) is 0 Å². The second kappa shape index (κ2) is 13.2. The summed E-state index contributed by atoms with van der Waals surface area (Å²) in [6.07, 6.45) is 2.99. The predicted octanol–water partition coefficient (Wildman–Crippen LogP) is 5.46. The molecule has 0 saturated carbocycles. The van der Waals surface area contributed by atoms with Gasteiger partial charge in [0.1, 0.15) is 0 Å². The molecule has 0 spiro atoms. The summed E-state index contributed by atoms with van der Waals surface area (Å²) in [5, 5.41) is 3.38. The smallest absolute Gasteiger partial charge is 0.314 e. The first-order valence-corrected chi connectivity index (χ1v) is 12.6. The molecule has 1 aromatic heterocycles. The maximum atomic E-state index is 12.6. The average Bonchev–Trinajstić information content (AvgIpc) is 2.93. The fourth-order valence-corrected chi connectivity index (χ4v) is 4.24. The van der Waals surface area contributed by atoms with Crippen LogP contribution in [-0.2, 0) is 22.8 Å². The highest BCUT2D eigenvalue weighted by atomic mass is 17.2. The molecule has 0 aliphatic rings. The van der Waals surface area contributed by atoms with Crippen LogP contribution in [0.1, 0.15) is 47.9 Å². The van der Waals surface area contributed by atoms with Gasteiger partial charge < -0.3 is 9.88 Å². The molecule has 0 saturated heterocycles. The Hall–Kier alpha value is -4.16. The fraction of sp³-hybridized carbons (Fsp3) is 0.226. The summed E-state index contributed by atoms with van der Waals surface area (Å²) in [4.78, 5) is 34.1. The van der Waals surface area contributed by atoms with E-state index < -0.39 is 0 Å². The Labute approximate surface area is 217 Å². The van der Waals surface area contributed by atoms with Gasteiger partial charge in [0.15, 0.2) is 5.75 Å². The van der Waals surface area contributed by atoms with Crippen LogP contribution in [0.3, 0.4) is 0 Å². The topological polar surface area (TPSA) is 69.6 Å². The molecule has 3 aromatic carbocycles. The van der Waals surface area contributed by atoms with Gasteiger partial charge >= 0.3 is 5.97 Å². The zero-order chi connectivity index (χ0) is 25.9. The van der Waals surface area contributed by atoms with E-state index in [2.05, 4.69) is 29.6 Å². The van der Waals surface area contributed by atoms with Gasteiger partial charge in [-0.3, -0.25) is 14.6 Å². The minimum atomic E-state index is -0.388. The molecule has 1 N–H and O–H groups in total. The quantitative estimate of drug-likeness (QED) is 0.160. The molecule has 1 heterocycles. The monoisotopic (exact) mass is 496 g/mol. The maximum Gasteiger partial charge on any atom is 0.355 e. The first kappa shape index (κ1) is 25.9. The molecule has 0 aliphatic carbocycles. The van der Waals surface area contributed by atoms with Crippen molar-refractivity contribution in [3.05, 3.63) is 136 Å². The van der Waals surface area contributed by atoms with E-state index in [-0.39, 0.29) is 17.4 Å². The summed E-state index contributed by atoms with van der Waals surface area (Å²) >= 11 is 0. The molecule has 0 aliphatic heterocycles.